The second kappa shape index (κ2) is 9.64. The minimum Gasteiger partial charge on any atom is -0.506 e. The highest BCUT2D eigenvalue weighted by atomic mass is 16.5. The van der Waals surface area contributed by atoms with Crippen molar-refractivity contribution >= 4 is 28.8 Å². The van der Waals surface area contributed by atoms with Crippen molar-refractivity contribution in [2.75, 3.05) is 6.61 Å². The number of Topliss-reactive ketones (excluding diaryl/α,β-unsaturated/α-hetero) is 1. The van der Waals surface area contributed by atoms with Gasteiger partial charge in [0.1, 0.15) is 28.2 Å². The topological polar surface area (TPSA) is 121 Å². The van der Waals surface area contributed by atoms with Gasteiger partial charge in [-0.25, -0.2) is 4.79 Å². The van der Waals surface area contributed by atoms with Crippen LogP contribution in [0.3, 0.4) is 0 Å². The molecule has 1 aromatic heterocycles. The summed E-state index contributed by atoms with van der Waals surface area (Å²) >= 11 is 0. The van der Waals surface area contributed by atoms with Crippen LogP contribution < -0.4 is 4.74 Å². The first-order valence-electron chi connectivity index (χ1n) is 9.48. The molecule has 3 rings (SSSR count). The molecule has 2 aromatic carbocycles. The molecule has 1 N–H and O–H groups in total. The van der Waals surface area contributed by atoms with Crippen molar-refractivity contribution in [3.8, 4) is 17.2 Å². The zero-order chi connectivity index (χ0) is 21.5. The average Bonchev–Trinajstić information content (AvgIpc) is 3.15. The summed E-state index contributed by atoms with van der Waals surface area (Å²) in [5.41, 5.74) is 1.64. The van der Waals surface area contributed by atoms with Crippen LogP contribution in [-0.2, 0) is 19.1 Å². The molecule has 156 valence electrons. The molecule has 0 saturated heterocycles. The van der Waals surface area contributed by atoms with Crippen LogP contribution in [0.2, 0.25) is 0 Å². The van der Waals surface area contributed by atoms with Crippen LogP contribution in [0.25, 0.3) is 16.7 Å². The number of esters is 2. The number of aromatic nitrogens is 3. The lowest BCUT2D eigenvalue weighted by atomic mass is 10.2. The number of benzene rings is 2. The number of aromatic hydroxyl groups is 1. The van der Waals surface area contributed by atoms with E-state index in [1.54, 1.807) is 12.1 Å². The van der Waals surface area contributed by atoms with Crippen molar-refractivity contribution in [2.45, 2.75) is 32.6 Å². The number of phenolic OH excluding ortho intramolecular Hbond substituents is 1. The van der Waals surface area contributed by atoms with E-state index in [1.807, 2.05) is 12.1 Å². The minimum atomic E-state index is -0.850. The molecule has 0 aliphatic carbocycles. The van der Waals surface area contributed by atoms with Gasteiger partial charge in [-0.1, -0.05) is 12.1 Å². The van der Waals surface area contributed by atoms with Gasteiger partial charge >= 0.3 is 11.9 Å². The summed E-state index contributed by atoms with van der Waals surface area (Å²) in [6, 6.07) is 11.7. The number of phenols is 1. The van der Waals surface area contributed by atoms with E-state index in [9.17, 15) is 19.5 Å². The van der Waals surface area contributed by atoms with E-state index >= 15 is 0 Å². The van der Waals surface area contributed by atoms with E-state index in [0.717, 1.165) is 6.92 Å². The molecule has 9 nitrogen and oxygen atoms in total. The summed E-state index contributed by atoms with van der Waals surface area (Å²) < 4.78 is 10.1. The molecule has 9 heteroatoms. The summed E-state index contributed by atoms with van der Waals surface area (Å²) in [5.74, 6) is -1.69. The largest absolute Gasteiger partial charge is 0.506 e. The maximum atomic E-state index is 12.1. The molecule has 0 fully saturated rings. The molecule has 0 unspecified atom stereocenters. The van der Waals surface area contributed by atoms with E-state index in [4.69, 9.17) is 9.47 Å². The van der Waals surface area contributed by atoms with Crippen molar-refractivity contribution in [2.24, 2.45) is 0 Å². The van der Waals surface area contributed by atoms with Crippen LogP contribution in [0.15, 0.2) is 42.5 Å². The normalized spacial score (nSPS) is 10.7. The van der Waals surface area contributed by atoms with Crippen molar-refractivity contribution in [3.05, 3.63) is 42.5 Å². The fraction of sp³-hybridized carbons (Fsp3) is 0.286. The predicted octanol–water partition coefficient (Wildman–Crippen LogP) is 2.72. The number of carbonyl (C=O) groups is 3. The van der Waals surface area contributed by atoms with E-state index in [2.05, 4.69) is 10.2 Å². The maximum Gasteiger partial charge on any atom is 0.374 e. The van der Waals surface area contributed by atoms with Crippen LogP contribution in [0.5, 0.6) is 11.5 Å². The molecule has 1 heterocycles. The van der Waals surface area contributed by atoms with Gasteiger partial charge < -0.3 is 14.6 Å². The number of unbranched alkanes of at least 4 members (excludes halogenated alkanes) is 2. The molecular formula is C21H21N3O6. The Morgan fingerprint density at radius 2 is 1.70 bits per heavy atom. The first-order valence-corrected chi connectivity index (χ1v) is 9.48. The first kappa shape index (κ1) is 21.0. The third-order valence-electron chi connectivity index (χ3n) is 4.23. The lowest BCUT2D eigenvalue weighted by Gasteiger charge is -2.08. The zero-order valence-corrected chi connectivity index (χ0v) is 16.4. The van der Waals surface area contributed by atoms with Gasteiger partial charge in [-0.15, -0.1) is 15.0 Å². The molecule has 0 spiro atoms. The van der Waals surface area contributed by atoms with E-state index in [0.29, 0.717) is 36.0 Å². The summed E-state index contributed by atoms with van der Waals surface area (Å²) in [5, 5.41) is 18.8. The average molecular weight is 411 g/mol. The third kappa shape index (κ3) is 5.40. The quantitative estimate of drug-likeness (QED) is 0.247. The highest BCUT2D eigenvalue weighted by Gasteiger charge is 2.13. The molecule has 0 saturated carbocycles. The van der Waals surface area contributed by atoms with Crippen LogP contribution in [0.1, 0.15) is 32.6 Å². The lowest BCUT2D eigenvalue weighted by molar-refractivity contribution is -0.153. The van der Waals surface area contributed by atoms with Gasteiger partial charge in [0, 0.05) is 19.4 Å². The van der Waals surface area contributed by atoms with Crippen molar-refractivity contribution in [3.63, 3.8) is 0 Å². The van der Waals surface area contributed by atoms with Crippen LogP contribution in [0, 0.1) is 0 Å². The number of rotatable bonds is 9. The molecule has 0 aliphatic heterocycles. The fourth-order valence-electron chi connectivity index (χ4n) is 2.69. The molecule has 3 aromatic rings. The maximum absolute atomic E-state index is 12.1. The lowest BCUT2D eigenvalue weighted by Crippen LogP contribution is -2.14. The number of hydrogen-bond donors (Lipinski definition) is 1. The van der Waals surface area contributed by atoms with E-state index in [-0.39, 0.29) is 24.5 Å². The van der Waals surface area contributed by atoms with Gasteiger partial charge in [-0.2, -0.15) is 0 Å². The van der Waals surface area contributed by atoms with Crippen molar-refractivity contribution in [1.82, 2.24) is 15.0 Å². The fourth-order valence-corrected chi connectivity index (χ4v) is 2.69. The predicted molar refractivity (Wildman–Crippen MR) is 106 cm³/mol. The SMILES string of the molecule is CC(=O)C(=O)OCCCCCC(=O)Oc1ccc(O)c(-n2nc3ccccc3n2)c1. The van der Waals surface area contributed by atoms with Crippen LogP contribution >= 0.6 is 0 Å². The summed E-state index contributed by atoms with van der Waals surface area (Å²) in [7, 11) is 0. The zero-order valence-electron chi connectivity index (χ0n) is 16.4. The molecule has 0 radical (unpaired) electrons. The molecule has 30 heavy (non-hydrogen) atoms. The molecule has 0 bridgehead atoms. The Labute approximate surface area is 172 Å². The number of carbonyl (C=O) groups excluding carboxylic acids is 3. The number of nitrogens with zero attached hydrogens (tertiary/aromatic N) is 3. The molecule has 0 amide bonds. The Kier molecular flexibility index (Phi) is 6.74. The van der Waals surface area contributed by atoms with Gasteiger partial charge in [0.05, 0.1) is 6.61 Å². The Morgan fingerprint density at radius 1 is 1.00 bits per heavy atom. The number of ether oxygens (including phenoxy) is 2. The Balaban J connectivity index is 1.52. The van der Waals surface area contributed by atoms with Gasteiger partial charge in [0.2, 0.25) is 5.78 Å². The third-order valence-corrected chi connectivity index (χ3v) is 4.23. The standard InChI is InChI=1S/C21H21N3O6/c1-14(25)21(28)29-12-6-2-3-9-20(27)30-15-10-11-19(26)18(13-15)24-22-16-7-4-5-8-17(16)23-24/h4-5,7-8,10-11,13,26H,2-3,6,9,12H2,1H3. The Morgan fingerprint density at radius 3 is 2.37 bits per heavy atom. The minimum absolute atomic E-state index is 0.0461. The summed E-state index contributed by atoms with van der Waals surface area (Å²) in [6.45, 7) is 1.29. The van der Waals surface area contributed by atoms with Gasteiger partial charge in [-0.05, 0) is 43.5 Å². The number of fused-ring (bicyclic) bond motifs is 1. The van der Waals surface area contributed by atoms with E-state index < -0.39 is 17.7 Å². The second-order valence-electron chi connectivity index (χ2n) is 6.61. The highest BCUT2D eigenvalue weighted by Crippen LogP contribution is 2.27. The van der Waals surface area contributed by atoms with Gasteiger partial charge in [-0.3, -0.25) is 9.59 Å². The van der Waals surface area contributed by atoms with Crippen molar-refractivity contribution < 1.29 is 29.0 Å². The second-order valence-corrected chi connectivity index (χ2v) is 6.61. The van der Waals surface area contributed by atoms with Crippen LogP contribution in [0.4, 0.5) is 0 Å². The number of hydrogen-bond acceptors (Lipinski definition) is 8. The van der Waals surface area contributed by atoms with Gasteiger partial charge in [0.15, 0.2) is 0 Å². The molecule has 0 atom stereocenters. The van der Waals surface area contributed by atoms with E-state index in [1.165, 1.54) is 23.0 Å². The van der Waals surface area contributed by atoms with Crippen LogP contribution in [-0.4, -0.2) is 44.4 Å². The summed E-state index contributed by atoms with van der Waals surface area (Å²) in [6.07, 6.45) is 1.92. The monoisotopic (exact) mass is 411 g/mol. The number of ketones is 1. The molecule has 0 aliphatic rings. The molecular weight excluding hydrogens is 390 g/mol. The first-order chi connectivity index (χ1) is 14.4. The summed E-state index contributed by atoms with van der Waals surface area (Å²) in [4.78, 5) is 35.1. The Bertz CT molecular complexity index is 1040. The smallest absolute Gasteiger partial charge is 0.374 e. The van der Waals surface area contributed by atoms with Gasteiger partial charge in [0.25, 0.3) is 0 Å². The Hall–Kier alpha value is -3.75. The van der Waals surface area contributed by atoms with Crippen molar-refractivity contribution in [1.29, 1.82) is 0 Å². The highest BCUT2D eigenvalue weighted by molar-refractivity contribution is 6.32.